The fraction of sp³-hybridized carbons (Fsp3) is 0.0667. The lowest BCUT2D eigenvalue weighted by atomic mass is 10.2. The molecule has 102 valence electrons. The first kappa shape index (κ1) is 13.8. The van der Waals surface area contributed by atoms with E-state index in [2.05, 4.69) is 16.5 Å². The van der Waals surface area contributed by atoms with E-state index in [0.717, 1.165) is 16.6 Å². The molecule has 0 bridgehead atoms. The summed E-state index contributed by atoms with van der Waals surface area (Å²) in [5, 5.41) is 8.64. The zero-order chi connectivity index (χ0) is 14.5. The summed E-state index contributed by atoms with van der Waals surface area (Å²) in [4.78, 5) is 19.0. The van der Waals surface area contributed by atoms with Crippen LogP contribution in [0.5, 0.6) is 0 Å². The highest BCUT2D eigenvalue weighted by atomic mass is 16.5. The number of imidazole rings is 1. The number of hydroxylamine groups is 1. The highest BCUT2D eigenvalue weighted by Crippen LogP contribution is 2.19. The second kappa shape index (κ2) is 5.99. The molecule has 2 rings (SSSR count). The lowest BCUT2D eigenvalue weighted by Crippen LogP contribution is -2.18. The standard InChI is InChI=1S/C15H15N3O2/c1-3-5-6-10(4-2)14-16-12-8-7-11(15(19)18-20)9-13(12)17-14/h3-9,20H,1H2,2H3,(H,16,17)(H,18,19)/b6-5-,10-4+. The van der Waals surface area contributed by atoms with E-state index in [4.69, 9.17) is 5.21 Å². The third kappa shape index (κ3) is 2.67. The Kier molecular flexibility index (Phi) is 4.12. The highest BCUT2D eigenvalue weighted by Gasteiger charge is 2.09. The first-order valence-corrected chi connectivity index (χ1v) is 6.09. The quantitative estimate of drug-likeness (QED) is 0.453. The Morgan fingerprint density at radius 3 is 2.95 bits per heavy atom. The molecule has 0 aliphatic heterocycles. The van der Waals surface area contributed by atoms with E-state index >= 15 is 0 Å². The van der Waals surface area contributed by atoms with Crippen LogP contribution in [0.4, 0.5) is 0 Å². The number of hydrogen-bond donors (Lipinski definition) is 3. The van der Waals surface area contributed by atoms with Crippen LogP contribution in [0.2, 0.25) is 0 Å². The predicted molar refractivity (Wildman–Crippen MR) is 78.3 cm³/mol. The van der Waals surface area contributed by atoms with Gasteiger partial charge in [0.25, 0.3) is 5.91 Å². The van der Waals surface area contributed by atoms with Gasteiger partial charge in [-0.25, -0.2) is 10.5 Å². The van der Waals surface area contributed by atoms with Crippen molar-refractivity contribution < 1.29 is 10.0 Å². The minimum absolute atomic E-state index is 0.360. The van der Waals surface area contributed by atoms with E-state index in [1.165, 1.54) is 0 Å². The van der Waals surface area contributed by atoms with Crippen molar-refractivity contribution in [3.63, 3.8) is 0 Å². The third-order valence-electron chi connectivity index (χ3n) is 2.84. The fourth-order valence-electron chi connectivity index (χ4n) is 1.84. The van der Waals surface area contributed by atoms with Crippen molar-refractivity contribution >= 4 is 22.5 Å². The zero-order valence-corrected chi connectivity index (χ0v) is 11.1. The number of carbonyl (C=O) groups excluding carboxylic acids is 1. The Morgan fingerprint density at radius 1 is 1.50 bits per heavy atom. The van der Waals surface area contributed by atoms with Crippen LogP contribution in [0.25, 0.3) is 16.6 Å². The molecule has 0 saturated heterocycles. The maximum atomic E-state index is 11.4. The number of aromatic nitrogens is 2. The molecule has 1 heterocycles. The highest BCUT2D eigenvalue weighted by molar-refractivity contribution is 5.97. The van der Waals surface area contributed by atoms with Gasteiger partial charge in [0, 0.05) is 11.1 Å². The van der Waals surface area contributed by atoms with Gasteiger partial charge in [0.1, 0.15) is 5.82 Å². The fourth-order valence-corrected chi connectivity index (χ4v) is 1.84. The normalized spacial score (nSPS) is 12.0. The van der Waals surface area contributed by atoms with Gasteiger partial charge in [-0.3, -0.25) is 10.0 Å². The molecule has 0 spiro atoms. The van der Waals surface area contributed by atoms with Crippen molar-refractivity contribution in [3.05, 3.63) is 60.5 Å². The number of hydrogen-bond acceptors (Lipinski definition) is 3. The van der Waals surface area contributed by atoms with Crippen LogP contribution >= 0.6 is 0 Å². The largest absolute Gasteiger partial charge is 0.338 e. The van der Waals surface area contributed by atoms with E-state index in [-0.39, 0.29) is 0 Å². The molecular weight excluding hydrogens is 254 g/mol. The summed E-state index contributed by atoms with van der Waals surface area (Å²) in [6.45, 7) is 5.55. The van der Waals surface area contributed by atoms with Crippen LogP contribution in [-0.2, 0) is 0 Å². The summed E-state index contributed by atoms with van der Waals surface area (Å²) in [5.74, 6) is 0.156. The molecule has 5 heteroatoms. The summed E-state index contributed by atoms with van der Waals surface area (Å²) in [6, 6.07) is 4.97. The lowest BCUT2D eigenvalue weighted by Gasteiger charge is -1.97. The number of rotatable bonds is 4. The summed E-state index contributed by atoms with van der Waals surface area (Å²) in [6.07, 6.45) is 7.34. The van der Waals surface area contributed by atoms with Gasteiger partial charge in [-0.05, 0) is 25.1 Å². The van der Waals surface area contributed by atoms with E-state index < -0.39 is 5.91 Å². The smallest absolute Gasteiger partial charge is 0.274 e. The van der Waals surface area contributed by atoms with Gasteiger partial charge in [-0.2, -0.15) is 0 Å². The summed E-state index contributed by atoms with van der Waals surface area (Å²) in [7, 11) is 0. The van der Waals surface area contributed by atoms with Crippen molar-refractivity contribution in [3.8, 4) is 0 Å². The molecule has 0 saturated carbocycles. The minimum atomic E-state index is -0.555. The van der Waals surface area contributed by atoms with Crippen LogP contribution in [0.1, 0.15) is 23.1 Å². The van der Waals surface area contributed by atoms with Gasteiger partial charge in [-0.15, -0.1) is 0 Å². The topological polar surface area (TPSA) is 78.0 Å². The minimum Gasteiger partial charge on any atom is -0.338 e. The van der Waals surface area contributed by atoms with Crippen LogP contribution in [-0.4, -0.2) is 21.1 Å². The molecular formula is C15H15N3O2. The lowest BCUT2D eigenvalue weighted by molar-refractivity contribution is 0.0706. The first-order valence-electron chi connectivity index (χ1n) is 6.09. The average Bonchev–Trinajstić information content (AvgIpc) is 2.89. The third-order valence-corrected chi connectivity index (χ3v) is 2.84. The second-order valence-corrected chi connectivity index (χ2v) is 4.10. The molecule has 20 heavy (non-hydrogen) atoms. The molecule has 2 aromatic rings. The number of amides is 1. The number of allylic oxidation sites excluding steroid dienone is 5. The van der Waals surface area contributed by atoms with Gasteiger partial charge in [0.2, 0.25) is 0 Å². The number of nitrogens with one attached hydrogen (secondary N) is 2. The van der Waals surface area contributed by atoms with Crippen molar-refractivity contribution in [1.29, 1.82) is 0 Å². The molecule has 0 aliphatic carbocycles. The van der Waals surface area contributed by atoms with Crippen LogP contribution in [0.3, 0.4) is 0 Å². The first-order chi connectivity index (χ1) is 9.69. The molecule has 0 radical (unpaired) electrons. The Morgan fingerprint density at radius 2 is 2.30 bits per heavy atom. The SMILES string of the molecule is C=C/C=C\C(=C/C)c1nc2ccc(C(=O)NO)cc2[nH]1. The van der Waals surface area contributed by atoms with Crippen molar-refractivity contribution in [2.45, 2.75) is 6.92 Å². The van der Waals surface area contributed by atoms with Gasteiger partial charge >= 0.3 is 0 Å². The van der Waals surface area contributed by atoms with Gasteiger partial charge in [0.15, 0.2) is 0 Å². The number of benzene rings is 1. The molecule has 0 atom stereocenters. The number of aromatic amines is 1. The zero-order valence-electron chi connectivity index (χ0n) is 11.1. The number of H-pyrrole nitrogens is 1. The van der Waals surface area contributed by atoms with Crippen LogP contribution in [0, 0.1) is 0 Å². The number of nitrogens with zero attached hydrogens (tertiary/aromatic N) is 1. The molecule has 0 aliphatic rings. The van der Waals surface area contributed by atoms with Crippen LogP contribution in [0.15, 0.2) is 49.1 Å². The summed E-state index contributed by atoms with van der Waals surface area (Å²) >= 11 is 0. The maximum Gasteiger partial charge on any atom is 0.274 e. The molecule has 0 fully saturated rings. The molecule has 1 aromatic carbocycles. The number of carbonyl (C=O) groups is 1. The molecule has 1 aromatic heterocycles. The van der Waals surface area contributed by atoms with Gasteiger partial charge < -0.3 is 4.98 Å². The maximum absolute atomic E-state index is 11.4. The Hall–Kier alpha value is -2.66. The monoisotopic (exact) mass is 269 g/mol. The van der Waals surface area contributed by atoms with Crippen LogP contribution < -0.4 is 5.48 Å². The molecule has 1 amide bonds. The van der Waals surface area contributed by atoms with E-state index in [9.17, 15) is 4.79 Å². The van der Waals surface area contributed by atoms with Gasteiger partial charge in [0.05, 0.1) is 11.0 Å². The van der Waals surface area contributed by atoms with Crippen molar-refractivity contribution in [2.24, 2.45) is 0 Å². The Bertz CT molecular complexity index is 711. The second-order valence-electron chi connectivity index (χ2n) is 4.10. The number of fused-ring (bicyclic) bond motifs is 1. The molecule has 3 N–H and O–H groups in total. The summed E-state index contributed by atoms with van der Waals surface area (Å²) in [5.41, 5.74) is 4.37. The van der Waals surface area contributed by atoms with Gasteiger partial charge in [-0.1, -0.05) is 30.9 Å². The average molecular weight is 269 g/mol. The predicted octanol–water partition coefficient (Wildman–Crippen LogP) is 2.83. The van der Waals surface area contributed by atoms with E-state index in [1.807, 2.05) is 25.2 Å². The molecule has 0 unspecified atom stereocenters. The van der Waals surface area contributed by atoms with Crippen molar-refractivity contribution in [1.82, 2.24) is 15.4 Å². The van der Waals surface area contributed by atoms with E-state index in [1.54, 1.807) is 29.8 Å². The summed E-state index contributed by atoms with van der Waals surface area (Å²) < 4.78 is 0. The van der Waals surface area contributed by atoms with Crippen molar-refractivity contribution in [2.75, 3.05) is 0 Å². The van der Waals surface area contributed by atoms with E-state index in [0.29, 0.717) is 11.4 Å². The Labute approximate surface area is 116 Å². The molecule has 5 nitrogen and oxygen atoms in total. The Balaban J connectivity index is 2.45.